The minimum Gasteiger partial charge on any atom is -0.305 e. The minimum atomic E-state index is -2.78. The molecular formula is C9H7F2N3O. The van der Waals surface area contributed by atoms with E-state index in [4.69, 9.17) is 0 Å². The summed E-state index contributed by atoms with van der Waals surface area (Å²) >= 11 is 0. The molecule has 2 rings (SSSR count). The molecule has 15 heavy (non-hydrogen) atoms. The first-order valence-electron chi connectivity index (χ1n) is 4.22. The summed E-state index contributed by atoms with van der Waals surface area (Å²) in [5, 5.41) is 0.213. The Balaban J connectivity index is 2.80. The van der Waals surface area contributed by atoms with Gasteiger partial charge in [0.2, 0.25) is 0 Å². The molecule has 2 heterocycles. The van der Waals surface area contributed by atoms with E-state index in [9.17, 15) is 13.6 Å². The zero-order chi connectivity index (χ0) is 11.0. The number of pyridine rings is 1. The van der Waals surface area contributed by atoms with E-state index < -0.39 is 17.8 Å². The van der Waals surface area contributed by atoms with Gasteiger partial charge in [0.25, 0.3) is 12.0 Å². The molecule has 0 aliphatic rings. The third kappa shape index (κ3) is 1.70. The zero-order valence-electron chi connectivity index (χ0n) is 7.79. The second kappa shape index (κ2) is 3.38. The van der Waals surface area contributed by atoms with Crippen molar-refractivity contribution in [1.29, 1.82) is 0 Å². The van der Waals surface area contributed by atoms with Crippen LogP contribution in [-0.2, 0) is 0 Å². The number of rotatable bonds is 1. The van der Waals surface area contributed by atoms with Gasteiger partial charge in [-0.2, -0.15) is 0 Å². The average Bonchev–Trinajstić information content (AvgIpc) is 2.16. The van der Waals surface area contributed by atoms with Crippen LogP contribution >= 0.6 is 0 Å². The van der Waals surface area contributed by atoms with Crippen molar-refractivity contribution in [3.63, 3.8) is 0 Å². The van der Waals surface area contributed by atoms with E-state index in [0.29, 0.717) is 5.69 Å². The maximum atomic E-state index is 12.3. The second-order valence-corrected chi connectivity index (χ2v) is 3.09. The van der Waals surface area contributed by atoms with Crippen molar-refractivity contribution in [2.45, 2.75) is 13.3 Å². The third-order valence-electron chi connectivity index (χ3n) is 1.95. The summed E-state index contributed by atoms with van der Waals surface area (Å²) < 4.78 is 24.7. The lowest BCUT2D eigenvalue weighted by molar-refractivity contribution is 0.140. The molecule has 0 saturated carbocycles. The summed E-state index contributed by atoms with van der Waals surface area (Å²) in [6.45, 7) is 1.70. The van der Waals surface area contributed by atoms with E-state index in [2.05, 4.69) is 9.97 Å². The lowest BCUT2D eigenvalue weighted by Crippen LogP contribution is -2.12. The minimum absolute atomic E-state index is 0.213. The number of nitrogens with one attached hydrogen (secondary N) is 1. The van der Waals surface area contributed by atoms with Crippen molar-refractivity contribution in [2.75, 3.05) is 0 Å². The quantitative estimate of drug-likeness (QED) is 0.778. The molecule has 0 spiro atoms. The number of H-pyrrole nitrogens is 1. The first-order chi connectivity index (χ1) is 7.08. The topological polar surface area (TPSA) is 58.6 Å². The van der Waals surface area contributed by atoms with Gasteiger partial charge in [0.15, 0.2) is 5.82 Å². The van der Waals surface area contributed by atoms with E-state index in [1.54, 1.807) is 6.92 Å². The Kier molecular flexibility index (Phi) is 2.18. The van der Waals surface area contributed by atoms with Gasteiger partial charge in [0.1, 0.15) is 0 Å². The van der Waals surface area contributed by atoms with Gasteiger partial charge < -0.3 is 4.98 Å². The monoisotopic (exact) mass is 211 g/mol. The van der Waals surface area contributed by atoms with Crippen molar-refractivity contribution in [3.8, 4) is 0 Å². The molecule has 4 nitrogen and oxygen atoms in total. The van der Waals surface area contributed by atoms with E-state index in [1.165, 1.54) is 12.3 Å². The summed E-state index contributed by atoms with van der Waals surface area (Å²) in [5.74, 6) is -0.613. The van der Waals surface area contributed by atoms with Gasteiger partial charge in [-0.05, 0) is 13.0 Å². The fraction of sp³-hybridized carbons (Fsp3) is 0.222. The molecule has 0 aliphatic carbocycles. The highest BCUT2D eigenvalue weighted by atomic mass is 19.3. The van der Waals surface area contributed by atoms with E-state index in [0.717, 1.165) is 0 Å². The number of alkyl halides is 2. The average molecular weight is 211 g/mol. The van der Waals surface area contributed by atoms with E-state index in [-0.39, 0.29) is 10.9 Å². The van der Waals surface area contributed by atoms with Crippen LogP contribution in [0.15, 0.2) is 17.1 Å². The molecule has 0 unspecified atom stereocenters. The van der Waals surface area contributed by atoms with Gasteiger partial charge in [0.05, 0.1) is 10.9 Å². The van der Waals surface area contributed by atoms with Gasteiger partial charge in [-0.15, -0.1) is 0 Å². The Morgan fingerprint density at radius 2 is 2.20 bits per heavy atom. The van der Waals surface area contributed by atoms with Crippen LogP contribution in [-0.4, -0.2) is 15.0 Å². The van der Waals surface area contributed by atoms with Crippen molar-refractivity contribution < 1.29 is 8.78 Å². The van der Waals surface area contributed by atoms with Crippen LogP contribution in [0.3, 0.4) is 0 Å². The molecular weight excluding hydrogens is 204 g/mol. The van der Waals surface area contributed by atoms with Gasteiger partial charge in [0, 0.05) is 11.9 Å². The molecule has 6 heteroatoms. The first-order valence-corrected chi connectivity index (χ1v) is 4.22. The Morgan fingerprint density at radius 1 is 1.47 bits per heavy atom. The normalized spacial score (nSPS) is 11.2. The number of nitrogens with zero attached hydrogens (tertiary/aromatic N) is 2. The Morgan fingerprint density at radius 3 is 2.87 bits per heavy atom. The van der Waals surface area contributed by atoms with Crippen molar-refractivity contribution >= 4 is 10.9 Å². The van der Waals surface area contributed by atoms with Gasteiger partial charge >= 0.3 is 0 Å². The summed E-state index contributed by atoms with van der Waals surface area (Å²) in [7, 11) is 0. The molecule has 0 aliphatic heterocycles. The summed E-state index contributed by atoms with van der Waals surface area (Å²) in [6.07, 6.45) is -1.46. The molecule has 0 fully saturated rings. The van der Waals surface area contributed by atoms with Crippen LogP contribution < -0.4 is 5.56 Å². The molecule has 2 aromatic heterocycles. The number of hydrogen-bond acceptors (Lipinski definition) is 3. The smallest absolute Gasteiger partial charge is 0.295 e. The molecule has 0 amide bonds. The highest BCUT2D eigenvalue weighted by molar-refractivity contribution is 5.76. The number of aromatic amines is 1. The molecule has 0 bridgehead atoms. The van der Waals surface area contributed by atoms with Crippen molar-refractivity contribution in [3.05, 3.63) is 34.1 Å². The highest BCUT2D eigenvalue weighted by Gasteiger charge is 2.12. The largest absolute Gasteiger partial charge is 0.305 e. The van der Waals surface area contributed by atoms with Crippen LogP contribution in [0.25, 0.3) is 10.9 Å². The molecule has 0 aromatic carbocycles. The Labute approximate surface area is 83.0 Å². The van der Waals surface area contributed by atoms with Gasteiger partial charge in [-0.1, -0.05) is 0 Å². The first kappa shape index (κ1) is 9.70. The predicted octanol–water partition coefficient (Wildman–Crippen LogP) is 1.56. The zero-order valence-corrected chi connectivity index (χ0v) is 7.79. The number of hydrogen-bond donors (Lipinski definition) is 1. The maximum Gasteiger partial charge on any atom is 0.295 e. The standard InChI is InChI=1S/C9H7F2N3O/c1-4-2-6-5(3-12-4)9(15)14-8(13-6)7(10)11/h2-3,7H,1H3,(H,13,14,15). The van der Waals surface area contributed by atoms with E-state index in [1.807, 2.05) is 4.98 Å². The number of halogens is 2. The molecule has 0 radical (unpaired) electrons. The SMILES string of the molecule is Cc1cc2nc(C(F)F)[nH]c(=O)c2cn1. The summed E-state index contributed by atoms with van der Waals surface area (Å²) in [6, 6.07) is 1.50. The van der Waals surface area contributed by atoms with E-state index >= 15 is 0 Å². The molecule has 0 saturated heterocycles. The third-order valence-corrected chi connectivity index (χ3v) is 1.95. The second-order valence-electron chi connectivity index (χ2n) is 3.09. The maximum absolute atomic E-state index is 12.3. The Hall–Kier alpha value is -1.85. The highest BCUT2D eigenvalue weighted by Crippen LogP contribution is 2.15. The number of aromatic nitrogens is 3. The Bertz CT molecular complexity index is 565. The van der Waals surface area contributed by atoms with Crippen LogP contribution in [0.4, 0.5) is 8.78 Å². The lowest BCUT2D eigenvalue weighted by Gasteiger charge is -2.01. The van der Waals surface area contributed by atoms with Crippen LogP contribution in [0.2, 0.25) is 0 Å². The van der Waals surface area contributed by atoms with Crippen LogP contribution in [0.1, 0.15) is 17.9 Å². The fourth-order valence-corrected chi connectivity index (χ4v) is 1.26. The molecule has 0 atom stereocenters. The van der Waals surface area contributed by atoms with Crippen molar-refractivity contribution in [2.24, 2.45) is 0 Å². The van der Waals surface area contributed by atoms with Crippen LogP contribution in [0, 0.1) is 6.92 Å². The number of aryl methyl sites for hydroxylation is 1. The van der Waals surface area contributed by atoms with Crippen molar-refractivity contribution in [1.82, 2.24) is 15.0 Å². The predicted molar refractivity (Wildman–Crippen MR) is 49.9 cm³/mol. The summed E-state index contributed by atoms with van der Waals surface area (Å²) in [5.41, 5.74) is 0.269. The van der Waals surface area contributed by atoms with Gasteiger partial charge in [-0.25, -0.2) is 13.8 Å². The molecule has 1 N–H and O–H groups in total. The number of fused-ring (bicyclic) bond motifs is 1. The lowest BCUT2D eigenvalue weighted by atomic mass is 10.3. The fourth-order valence-electron chi connectivity index (χ4n) is 1.26. The van der Waals surface area contributed by atoms with Crippen LogP contribution in [0.5, 0.6) is 0 Å². The molecule has 78 valence electrons. The summed E-state index contributed by atoms with van der Waals surface area (Å²) in [4.78, 5) is 20.9. The molecule has 2 aromatic rings. The van der Waals surface area contributed by atoms with Gasteiger partial charge in [-0.3, -0.25) is 9.78 Å².